The molecule has 0 aliphatic rings. The van der Waals surface area contributed by atoms with E-state index in [1.165, 1.54) is 0 Å². The number of rotatable bonds is 3. The molecule has 0 heterocycles. The molecular formula is C13H19NO2. The minimum absolute atomic E-state index is 0.0449. The van der Waals surface area contributed by atoms with E-state index in [0.29, 0.717) is 12.2 Å². The number of ether oxygens (including phenoxy) is 1. The quantitative estimate of drug-likeness (QED) is 0.851. The summed E-state index contributed by atoms with van der Waals surface area (Å²) in [4.78, 5) is 11.8. The summed E-state index contributed by atoms with van der Waals surface area (Å²) in [5, 5.41) is 2.92. The van der Waals surface area contributed by atoms with Gasteiger partial charge in [-0.3, -0.25) is 4.79 Å². The van der Waals surface area contributed by atoms with Crippen LogP contribution in [0.25, 0.3) is 0 Å². The number of carbonyl (C=O) groups is 1. The van der Waals surface area contributed by atoms with Gasteiger partial charge >= 0.3 is 0 Å². The average molecular weight is 221 g/mol. The van der Waals surface area contributed by atoms with Gasteiger partial charge in [0.1, 0.15) is 0 Å². The first-order valence-corrected chi connectivity index (χ1v) is 5.33. The molecule has 0 atom stereocenters. The maximum Gasteiger partial charge on any atom is 0.251 e. The van der Waals surface area contributed by atoms with Crippen LogP contribution < -0.4 is 5.32 Å². The fourth-order valence-corrected chi connectivity index (χ4v) is 1.33. The van der Waals surface area contributed by atoms with Crippen LogP contribution in [0.1, 0.15) is 36.7 Å². The largest absolute Gasteiger partial charge is 0.380 e. The molecular weight excluding hydrogens is 202 g/mol. The van der Waals surface area contributed by atoms with E-state index in [1.807, 2.05) is 45.0 Å². The lowest BCUT2D eigenvalue weighted by Gasteiger charge is -2.20. The van der Waals surface area contributed by atoms with E-state index in [4.69, 9.17) is 4.74 Å². The minimum atomic E-state index is -0.206. The Morgan fingerprint density at radius 1 is 1.25 bits per heavy atom. The number of nitrogens with one attached hydrogen (secondary N) is 1. The Balaban J connectivity index is 2.70. The monoisotopic (exact) mass is 221 g/mol. The molecule has 3 heteroatoms. The van der Waals surface area contributed by atoms with Crippen molar-refractivity contribution in [2.75, 3.05) is 7.11 Å². The van der Waals surface area contributed by atoms with Crippen LogP contribution in [0.2, 0.25) is 0 Å². The second kappa shape index (κ2) is 5.12. The molecule has 1 N–H and O–H groups in total. The molecule has 0 bridgehead atoms. The van der Waals surface area contributed by atoms with Crippen molar-refractivity contribution in [1.82, 2.24) is 5.32 Å². The highest BCUT2D eigenvalue weighted by molar-refractivity contribution is 5.94. The molecule has 0 spiro atoms. The Labute approximate surface area is 96.8 Å². The van der Waals surface area contributed by atoms with Crippen molar-refractivity contribution in [2.24, 2.45) is 0 Å². The zero-order valence-electron chi connectivity index (χ0n) is 10.3. The number of hydrogen-bond acceptors (Lipinski definition) is 2. The predicted molar refractivity (Wildman–Crippen MR) is 64.4 cm³/mol. The molecule has 1 aromatic rings. The van der Waals surface area contributed by atoms with Gasteiger partial charge in [-0.25, -0.2) is 0 Å². The number of amides is 1. The first-order valence-electron chi connectivity index (χ1n) is 5.33. The summed E-state index contributed by atoms with van der Waals surface area (Å²) >= 11 is 0. The van der Waals surface area contributed by atoms with Crippen LogP contribution in [0, 0.1) is 0 Å². The summed E-state index contributed by atoms with van der Waals surface area (Å²) in [5.41, 5.74) is 1.53. The van der Waals surface area contributed by atoms with Gasteiger partial charge in [-0.05, 0) is 38.5 Å². The summed E-state index contributed by atoms with van der Waals surface area (Å²) in [6, 6.07) is 7.44. The van der Waals surface area contributed by atoms with E-state index in [0.717, 1.165) is 5.56 Å². The fourth-order valence-electron chi connectivity index (χ4n) is 1.33. The van der Waals surface area contributed by atoms with Crippen LogP contribution >= 0.6 is 0 Å². The van der Waals surface area contributed by atoms with Gasteiger partial charge < -0.3 is 10.1 Å². The Bertz CT molecular complexity index is 349. The predicted octanol–water partition coefficient (Wildman–Crippen LogP) is 2.36. The topological polar surface area (TPSA) is 38.3 Å². The van der Waals surface area contributed by atoms with Gasteiger partial charge in [-0.15, -0.1) is 0 Å². The molecule has 0 unspecified atom stereocenters. The SMILES string of the molecule is COCc1ccc(C(=O)NC(C)(C)C)cc1. The maximum atomic E-state index is 11.8. The first-order chi connectivity index (χ1) is 7.42. The molecule has 1 rings (SSSR count). The Hall–Kier alpha value is -1.35. The zero-order chi connectivity index (χ0) is 12.2. The van der Waals surface area contributed by atoms with E-state index in [2.05, 4.69) is 5.32 Å². The number of carbonyl (C=O) groups excluding carboxylic acids is 1. The number of hydrogen-bond donors (Lipinski definition) is 1. The lowest BCUT2D eigenvalue weighted by Crippen LogP contribution is -2.40. The standard InChI is InChI=1S/C13H19NO2/c1-13(2,3)14-12(15)11-7-5-10(6-8-11)9-16-4/h5-8H,9H2,1-4H3,(H,14,15). The lowest BCUT2D eigenvalue weighted by atomic mass is 10.1. The zero-order valence-corrected chi connectivity index (χ0v) is 10.3. The fraction of sp³-hybridized carbons (Fsp3) is 0.462. The van der Waals surface area contributed by atoms with Crippen LogP contribution in [0.4, 0.5) is 0 Å². The molecule has 0 aromatic heterocycles. The van der Waals surface area contributed by atoms with Gasteiger partial charge in [0.05, 0.1) is 6.61 Å². The van der Waals surface area contributed by atoms with Crippen molar-refractivity contribution in [3.8, 4) is 0 Å². The lowest BCUT2D eigenvalue weighted by molar-refractivity contribution is 0.0919. The van der Waals surface area contributed by atoms with Gasteiger partial charge in [0, 0.05) is 18.2 Å². The van der Waals surface area contributed by atoms with Crippen molar-refractivity contribution in [3.63, 3.8) is 0 Å². The maximum absolute atomic E-state index is 11.8. The van der Waals surface area contributed by atoms with Gasteiger partial charge in [0.2, 0.25) is 0 Å². The number of benzene rings is 1. The molecule has 0 saturated carbocycles. The third-order valence-electron chi connectivity index (χ3n) is 2.02. The molecule has 0 saturated heterocycles. The molecule has 0 radical (unpaired) electrons. The van der Waals surface area contributed by atoms with Crippen molar-refractivity contribution < 1.29 is 9.53 Å². The summed E-state index contributed by atoms with van der Waals surface area (Å²) in [5.74, 6) is -0.0449. The van der Waals surface area contributed by atoms with Gasteiger partial charge in [0.15, 0.2) is 0 Å². The molecule has 0 fully saturated rings. The highest BCUT2D eigenvalue weighted by atomic mass is 16.5. The van der Waals surface area contributed by atoms with Crippen LogP contribution in [0.3, 0.4) is 0 Å². The third-order valence-corrected chi connectivity index (χ3v) is 2.02. The Kier molecular flexibility index (Phi) is 4.07. The van der Waals surface area contributed by atoms with E-state index in [9.17, 15) is 4.79 Å². The van der Waals surface area contributed by atoms with Crippen LogP contribution in [0.15, 0.2) is 24.3 Å². The normalized spacial score (nSPS) is 11.2. The molecule has 16 heavy (non-hydrogen) atoms. The minimum Gasteiger partial charge on any atom is -0.380 e. The van der Waals surface area contributed by atoms with Crippen LogP contribution in [-0.4, -0.2) is 18.6 Å². The second-order valence-electron chi connectivity index (χ2n) is 4.83. The highest BCUT2D eigenvalue weighted by Gasteiger charge is 2.14. The van der Waals surface area contributed by atoms with Gasteiger partial charge in [-0.1, -0.05) is 12.1 Å². The molecule has 88 valence electrons. The van der Waals surface area contributed by atoms with Gasteiger partial charge in [0.25, 0.3) is 5.91 Å². The third kappa shape index (κ3) is 4.03. The van der Waals surface area contributed by atoms with Crippen LogP contribution in [-0.2, 0) is 11.3 Å². The van der Waals surface area contributed by atoms with E-state index in [1.54, 1.807) is 7.11 Å². The summed E-state index contributed by atoms with van der Waals surface area (Å²) in [6.45, 7) is 6.46. The average Bonchev–Trinajstić information content (AvgIpc) is 2.16. The summed E-state index contributed by atoms with van der Waals surface area (Å²) < 4.78 is 5.01. The van der Waals surface area contributed by atoms with E-state index >= 15 is 0 Å². The summed E-state index contributed by atoms with van der Waals surface area (Å²) in [6.07, 6.45) is 0. The first kappa shape index (κ1) is 12.7. The Morgan fingerprint density at radius 2 is 1.81 bits per heavy atom. The van der Waals surface area contributed by atoms with Crippen molar-refractivity contribution >= 4 is 5.91 Å². The van der Waals surface area contributed by atoms with Gasteiger partial charge in [-0.2, -0.15) is 0 Å². The van der Waals surface area contributed by atoms with Crippen molar-refractivity contribution in [3.05, 3.63) is 35.4 Å². The van der Waals surface area contributed by atoms with E-state index in [-0.39, 0.29) is 11.4 Å². The second-order valence-corrected chi connectivity index (χ2v) is 4.83. The number of methoxy groups -OCH3 is 1. The van der Waals surface area contributed by atoms with Crippen LogP contribution in [0.5, 0.6) is 0 Å². The smallest absolute Gasteiger partial charge is 0.251 e. The van der Waals surface area contributed by atoms with Crippen molar-refractivity contribution in [2.45, 2.75) is 32.9 Å². The van der Waals surface area contributed by atoms with Crippen molar-refractivity contribution in [1.29, 1.82) is 0 Å². The molecule has 0 aliphatic heterocycles. The summed E-state index contributed by atoms with van der Waals surface area (Å²) in [7, 11) is 1.65. The molecule has 0 aliphatic carbocycles. The van der Waals surface area contributed by atoms with E-state index < -0.39 is 0 Å². The molecule has 1 amide bonds. The molecule has 1 aromatic carbocycles. The highest BCUT2D eigenvalue weighted by Crippen LogP contribution is 2.07. The Morgan fingerprint density at radius 3 is 2.25 bits per heavy atom. The molecule has 3 nitrogen and oxygen atoms in total.